The molecule has 0 atom stereocenters. The number of anilines is 2. The monoisotopic (exact) mass is 364 g/mol. The van der Waals surface area contributed by atoms with Crippen LogP contribution >= 0.6 is 0 Å². The van der Waals surface area contributed by atoms with Gasteiger partial charge in [0.05, 0.1) is 23.8 Å². The molecule has 138 valence electrons. The van der Waals surface area contributed by atoms with Crippen molar-refractivity contribution in [2.24, 2.45) is 5.92 Å². The number of amides is 1. The SMILES string of the molecule is CC1CCN(c2ncc(NC(=O)c3cccc(-n4cnnn4)c3)cn2)CC1. The molecule has 3 heterocycles. The van der Waals surface area contributed by atoms with Crippen molar-refractivity contribution in [2.45, 2.75) is 19.8 Å². The molecule has 0 radical (unpaired) electrons. The fourth-order valence-corrected chi connectivity index (χ4v) is 3.03. The summed E-state index contributed by atoms with van der Waals surface area (Å²) in [5.41, 5.74) is 1.76. The van der Waals surface area contributed by atoms with E-state index in [1.165, 1.54) is 11.0 Å². The Hall–Kier alpha value is -3.36. The Morgan fingerprint density at radius 3 is 2.67 bits per heavy atom. The highest BCUT2D eigenvalue weighted by atomic mass is 16.1. The molecular formula is C18H20N8O. The average molecular weight is 364 g/mol. The minimum Gasteiger partial charge on any atom is -0.341 e. The first kappa shape index (κ1) is 17.1. The van der Waals surface area contributed by atoms with Gasteiger partial charge in [0.2, 0.25) is 5.95 Å². The van der Waals surface area contributed by atoms with Crippen molar-refractivity contribution in [2.75, 3.05) is 23.3 Å². The quantitative estimate of drug-likeness (QED) is 0.755. The van der Waals surface area contributed by atoms with E-state index in [-0.39, 0.29) is 5.91 Å². The van der Waals surface area contributed by atoms with Gasteiger partial charge in [-0.3, -0.25) is 4.79 Å². The predicted molar refractivity (Wildman–Crippen MR) is 99.8 cm³/mol. The molecule has 0 aliphatic carbocycles. The predicted octanol–water partition coefficient (Wildman–Crippen LogP) is 1.94. The molecule has 3 aromatic rings. The number of nitrogens with one attached hydrogen (secondary N) is 1. The molecule has 1 aliphatic heterocycles. The Bertz CT molecular complexity index is 901. The largest absolute Gasteiger partial charge is 0.341 e. The number of tetrazole rings is 1. The van der Waals surface area contributed by atoms with E-state index in [9.17, 15) is 4.79 Å². The van der Waals surface area contributed by atoms with E-state index in [0.717, 1.165) is 31.8 Å². The van der Waals surface area contributed by atoms with Crippen molar-refractivity contribution >= 4 is 17.5 Å². The zero-order chi connectivity index (χ0) is 18.6. The van der Waals surface area contributed by atoms with Crippen LogP contribution in [-0.4, -0.2) is 49.2 Å². The molecule has 1 amide bonds. The number of nitrogens with zero attached hydrogens (tertiary/aromatic N) is 7. The van der Waals surface area contributed by atoms with Gasteiger partial charge in [0.15, 0.2) is 0 Å². The average Bonchev–Trinajstić information content (AvgIpc) is 3.24. The van der Waals surface area contributed by atoms with E-state index >= 15 is 0 Å². The highest BCUT2D eigenvalue weighted by Gasteiger charge is 2.18. The van der Waals surface area contributed by atoms with Crippen LogP contribution in [0.15, 0.2) is 43.0 Å². The molecule has 1 fully saturated rings. The lowest BCUT2D eigenvalue weighted by Crippen LogP contribution is -2.34. The second kappa shape index (κ2) is 7.48. The fraction of sp³-hybridized carbons (Fsp3) is 0.333. The number of hydrogen-bond donors (Lipinski definition) is 1. The minimum atomic E-state index is -0.243. The summed E-state index contributed by atoms with van der Waals surface area (Å²) in [6.45, 7) is 4.21. The first-order chi connectivity index (χ1) is 13.2. The van der Waals surface area contributed by atoms with Crippen LogP contribution in [0.2, 0.25) is 0 Å². The normalized spacial score (nSPS) is 14.9. The topological polar surface area (TPSA) is 102 Å². The van der Waals surface area contributed by atoms with Crippen LogP contribution in [-0.2, 0) is 0 Å². The smallest absolute Gasteiger partial charge is 0.255 e. The van der Waals surface area contributed by atoms with Crippen molar-refractivity contribution in [1.29, 1.82) is 0 Å². The van der Waals surface area contributed by atoms with Gasteiger partial charge in [0.25, 0.3) is 5.91 Å². The molecule has 4 rings (SSSR count). The summed E-state index contributed by atoms with van der Waals surface area (Å²) in [6.07, 6.45) is 7.07. The molecule has 27 heavy (non-hydrogen) atoms. The van der Waals surface area contributed by atoms with Gasteiger partial charge in [0, 0.05) is 18.7 Å². The summed E-state index contributed by atoms with van der Waals surface area (Å²) < 4.78 is 1.49. The molecule has 0 spiro atoms. The molecule has 1 aliphatic rings. The molecule has 0 bridgehead atoms. The number of hydrogen-bond acceptors (Lipinski definition) is 7. The van der Waals surface area contributed by atoms with Gasteiger partial charge in [0.1, 0.15) is 6.33 Å². The van der Waals surface area contributed by atoms with E-state index in [1.54, 1.807) is 30.6 Å². The van der Waals surface area contributed by atoms with Crippen LogP contribution in [0.4, 0.5) is 11.6 Å². The third-order valence-corrected chi connectivity index (χ3v) is 4.68. The highest BCUT2D eigenvalue weighted by molar-refractivity contribution is 6.04. The van der Waals surface area contributed by atoms with Crippen LogP contribution in [0, 0.1) is 5.92 Å². The number of rotatable bonds is 4. The van der Waals surface area contributed by atoms with Gasteiger partial charge in [-0.1, -0.05) is 13.0 Å². The number of benzene rings is 1. The van der Waals surface area contributed by atoms with Crippen molar-refractivity contribution in [3.63, 3.8) is 0 Å². The molecule has 1 N–H and O–H groups in total. The van der Waals surface area contributed by atoms with Crippen molar-refractivity contribution < 1.29 is 4.79 Å². The Balaban J connectivity index is 1.43. The highest BCUT2D eigenvalue weighted by Crippen LogP contribution is 2.20. The molecular weight excluding hydrogens is 344 g/mol. The Morgan fingerprint density at radius 1 is 1.19 bits per heavy atom. The molecule has 1 aromatic carbocycles. The second-order valence-electron chi connectivity index (χ2n) is 6.70. The maximum atomic E-state index is 12.5. The van der Waals surface area contributed by atoms with E-state index in [1.807, 2.05) is 6.07 Å². The lowest BCUT2D eigenvalue weighted by Gasteiger charge is -2.30. The third-order valence-electron chi connectivity index (χ3n) is 4.68. The molecule has 9 nitrogen and oxygen atoms in total. The minimum absolute atomic E-state index is 0.243. The third kappa shape index (κ3) is 3.91. The maximum absolute atomic E-state index is 12.5. The zero-order valence-corrected chi connectivity index (χ0v) is 15.0. The summed E-state index contributed by atoms with van der Waals surface area (Å²) >= 11 is 0. The number of carbonyl (C=O) groups is 1. The van der Waals surface area contributed by atoms with Gasteiger partial charge >= 0.3 is 0 Å². The molecule has 0 unspecified atom stereocenters. The first-order valence-electron chi connectivity index (χ1n) is 8.91. The summed E-state index contributed by atoms with van der Waals surface area (Å²) in [5, 5.41) is 13.9. The molecule has 2 aromatic heterocycles. The van der Waals surface area contributed by atoms with E-state index in [4.69, 9.17) is 0 Å². The number of carbonyl (C=O) groups excluding carboxylic acids is 1. The molecule has 9 heteroatoms. The number of aromatic nitrogens is 6. The van der Waals surface area contributed by atoms with E-state index in [2.05, 4.69) is 42.6 Å². The lowest BCUT2D eigenvalue weighted by atomic mass is 10.00. The van der Waals surface area contributed by atoms with E-state index in [0.29, 0.717) is 22.9 Å². The van der Waals surface area contributed by atoms with Crippen LogP contribution in [0.5, 0.6) is 0 Å². The van der Waals surface area contributed by atoms with Gasteiger partial charge in [-0.25, -0.2) is 14.6 Å². The van der Waals surface area contributed by atoms with Crippen LogP contribution in [0.1, 0.15) is 30.1 Å². The standard InChI is InChI=1S/C18H20N8O/c1-13-5-7-25(8-6-13)18-19-10-15(11-20-18)22-17(27)14-3-2-4-16(9-14)26-12-21-23-24-26/h2-4,9-13H,5-8H2,1H3,(H,22,27). The second-order valence-corrected chi connectivity index (χ2v) is 6.70. The van der Waals surface area contributed by atoms with Gasteiger partial charge in [-0.15, -0.1) is 5.10 Å². The molecule has 0 saturated carbocycles. The summed E-state index contributed by atoms with van der Waals surface area (Å²) in [4.78, 5) is 23.5. The van der Waals surface area contributed by atoms with Gasteiger partial charge in [-0.2, -0.15) is 0 Å². The van der Waals surface area contributed by atoms with Crippen molar-refractivity contribution in [3.05, 3.63) is 48.5 Å². The summed E-state index contributed by atoms with van der Waals surface area (Å²) in [7, 11) is 0. The van der Waals surface area contributed by atoms with Crippen molar-refractivity contribution in [1.82, 2.24) is 30.2 Å². The van der Waals surface area contributed by atoms with Crippen LogP contribution in [0.25, 0.3) is 5.69 Å². The van der Waals surface area contributed by atoms with Crippen molar-refractivity contribution in [3.8, 4) is 5.69 Å². The summed E-state index contributed by atoms with van der Waals surface area (Å²) in [5.74, 6) is 1.22. The molecule has 1 saturated heterocycles. The van der Waals surface area contributed by atoms with Crippen LogP contribution in [0.3, 0.4) is 0 Å². The number of piperidine rings is 1. The Morgan fingerprint density at radius 2 is 1.96 bits per heavy atom. The van der Waals surface area contributed by atoms with E-state index < -0.39 is 0 Å². The Labute approximate surface area is 156 Å². The van der Waals surface area contributed by atoms with Gasteiger partial charge < -0.3 is 10.2 Å². The lowest BCUT2D eigenvalue weighted by molar-refractivity contribution is 0.102. The van der Waals surface area contributed by atoms with Crippen LogP contribution < -0.4 is 10.2 Å². The first-order valence-corrected chi connectivity index (χ1v) is 8.91. The van der Waals surface area contributed by atoms with Gasteiger partial charge in [-0.05, 0) is 47.4 Å². The Kier molecular flexibility index (Phi) is 4.73. The zero-order valence-electron chi connectivity index (χ0n) is 15.0. The summed E-state index contributed by atoms with van der Waals surface area (Å²) in [6, 6.07) is 7.05. The maximum Gasteiger partial charge on any atom is 0.255 e. The fourth-order valence-electron chi connectivity index (χ4n) is 3.03.